The Morgan fingerprint density at radius 1 is 1.22 bits per heavy atom. The summed E-state index contributed by atoms with van der Waals surface area (Å²) < 4.78 is 10.0. The summed E-state index contributed by atoms with van der Waals surface area (Å²) in [6.45, 7) is 1.67. The maximum absolute atomic E-state index is 12.0. The van der Waals surface area contributed by atoms with Crippen LogP contribution in [-0.4, -0.2) is 41.2 Å². The third kappa shape index (κ3) is 6.77. The predicted octanol–water partition coefficient (Wildman–Crippen LogP) is 2.02. The second kappa shape index (κ2) is 9.39. The van der Waals surface area contributed by atoms with Crippen LogP contribution >= 0.6 is 0 Å². The molecule has 0 radical (unpaired) electrons. The maximum Gasteiger partial charge on any atom is 0.303 e. The van der Waals surface area contributed by atoms with Crippen molar-refractivity contribution in [3.63, 3.8) is 0 Å². The van der Waals surface area contributed by atoms with Crippen LogP contribution in [0.2, 0.25) is 0 Å². The van der Waals surface area contributed by atoms with Gasteiger partial charge >= 0.3 is 5.97 Å². The van der Waals surface area contributed by atoms with Crippen LogP contribution in [0.1, 0.15) is 32.6 Å². The van der Waals surface area contributed by atoms with Gasteiger partial charge in [-0.1, -0.05) is 6.08 Å². The van der Waals surface area contributed by atoms with Gasteiger partial charge in [0.2, 0.25) is 17.7 Å². The van der Waals surface area contributed by atoms with Crippen molar-refractivity contribution in [1.82, 2.24) is 9.97 Å². The van der Waals surface area contributed by atoms with Crippen LogP contribution in [0.4, 0.5) is 5.95 Å². The molecule has 1 amide bonds. The Morgan fingerprint density at radius 3 is 2.35 bits per heavy atom. The summed E-state index contributed by atoms with van der Waals surface area (Å²) in [4.78, 5) is 30.5. The Kier molecular flexibility index (Phi) is 7.52. The number of hydrogen-bond donors (Lipinski definition) is 2. The molecule has 8 nitrogen and oxygen atoms in total. The molecule has 0 saturated heterocycles. The van der Waals surface area contributed by atoms with Crippen molar-refractivity contribution in [3.05, 3.63) is 17.7 Å². The molecule has 0 bridgehead atoms. The summed E-state index contributed by atoms with van der Waals surface area (Å²) in [5, 5.41) is 11.1. The molecule has 0 aliphatic heterocycles. The lowest BCUT2D eigenvalue weighted by Crippen LogP contribution is -2.15. The number of carbonyl (C=O) groups excluding carboxylic acids is 1. The number of unbranched alkanes of at least 4 members (excludes halogenated alkanes) is 2. The minimum Gasteiger partial charge on any atom is -0.481 e. The first-order chi connectivity index (χ1) is 11.0. The summed E-state index contributed by atoms with van der Waals surface area (Å²) in [5.41, 5.74) is 0.505. The number of allylic oxidation sites excluding steroid dienone is 1. The van der Waals surface area contributed by atoms with Crippen LogP contribution < -0.4 is 14.8 Å². The lowest BCUT2D eigenvalue weighted by Gasteiger charge is -2.07. The highest BCUT2D eigenvalue weighted by Crippen LogP contribution is 2.17. The Labute approximate surface area is 134 Å². The minimum absolute atomic E-state index is 0.0878. The number of nitrogens with zero attached hydrogens (tertiary/aromatic N) is 2. The molecule has 0 saturated carbocycles. The fourth-order valence-electron chi connectivity index (χ4n) is 1.70. The van der Waals surface area contributed by atoms with Crippen molar-refractivity contribution in [3.8, 4) is 11.8 Å². The molecule has 1 rings (SSSR count). The highest BCUT2D eigenvalue weighted by atomic mass is 16.5. The van der Waals surface area contributed by atoms with Crippen LogP contribution in [0, 0.1) is 0 Å². The molecular weight excluding hydrogens is 302 g/mol. The van der Waals surface area contributed by atoms with Crippen LogP contribution in [-0.2, 0) is 9.59 Å². The topological polar surface area (TPSA) is 111 Å². The van der Waals surface area contributed by atoms with Gasteiger partial charge in [0.25, 0.3) is 5.91 Å². The molecule has 0 aromatic carbocycles. The molecule has 1 heterocycles. The fraction of sp³-hybridized carbons (Fsp3) is 0.467. The summed E-state index contributed by atoms with van der Waals surface area (Å²) in [6, 6.07) is 1.50. The number of nitrogens with one attached hydrogen (secondary N) is 1. The number of amides is 1. The third-order valence-electron chi connectivity index (χ3n) is 2.98. The lowest BCUT2D eigenvalue weighted by molar-refractivity contribution is -0.137. The standard InChI is InChI=1S/C15H21N3O5/c1-10(7-5-4-6-8-13(19)20)14(21)18-15-16-11(22-2)9-12(17-15)23-3/h7,9H,4-6,8H2,1-3H3,(H,19,20)(H,16,17,18,21). The highest BCUT2D eigenvalue weighted by Gasteiger charge is 2.10. The van der Waals surface area contributed by atoms with Crippen molar-refractivity contribution in [2.24, 2.45) is 0 Å². The zero-order valence-electron chi connectivity index (χ0n) is 13.5. The van der Waals surface area contributed by atoms with E-state index in [2.05, 4.69) is 15.3 Å². The zero-order valence-corrected chi connectivity index (χ0v) is 13.5. The second-order valence-corrected chi connectivity index (χ2v) is 4.76. The average Bonchev–Trinajstić information content (AvgIpc) is 2.53. The number of rotatable bonds is 9. The first-order valence-electron chi connectivity index (χ1n) is 7.13. The van der Waals surface area contributed by atoms with E-state index in [-0.39, 0.29) is 30.0 Å². The number of ether oxygens (including phenoxy) is 2. The molecule has 0 aliphatic rings. The van der Waals surface area contributed by atoms with Crippen LogP contribution in [0.15, 0.2) is 17.7 Å². The molecular formula is C15H21N3O5. The zero-order chi connectivity index (χ0) is 17.2. The number of carboxylic acids is 1. The number of aliphatic carboxylic acids is 1. The van der Waals surface area contributed by atoms with E-state index in [1.54, 1.807) is 13.0 Å². The Bertz CT molecular complexity index is 564. The van der Waals surface area contributed by atoms with Crippen molar-refractivity contribution in [2.75, 3.05) is 19.5 Å². The molecule has 126 valence electrons. The SMILES string of the molecule is COc1cc(OC)nc(NC(=O)C(C)=CCCCCC(=O)O)n1. The van der Waals surface area contributed by atoms with E-state index in [1.165, 1.54) is 20.3 Å². The molecule has 0 unspecified atom stereocenters. The second-order valence-electron chi connectivity index (χ2n) is 4.76. The number of carboxylic acid groups (broad SMARTS) is 1. The molecule has 0 spiro atoms. The van der Waals surface area contributed by atoms with Gasteiger partial charge in [0.1, 0.15) is 0 Å². The number of hydrogen-bond acceptors (Lipinski definition) is 6. The van der Waals surface area contributed by atoms with Crippen LogP contribution in [0.25, 0.3) is 0 Å². The molecule has 0 aliphatic carbocycles. The van der Waals surface area contributed by atoms with Crippen LogP contribution in [0.3, 0.4) is 0 Å². The quantitative estimate of drug-likeness (QED) is 0.528. The molecule has 0 atom stereocenters. The Balaban J connectivity index is 2.59. The molecule has 2 N–H and O–H groups in total. The molecule has 1 aromatic rings. The lowest BCUT2D eigenvalue weighted by atomic mass is 10.1. The van der Waals surface area contributed by atoms with E-state index in [0.717, 1.165) is 0 Å². The van der Waals surface area contributed by atoms with Gasteiger partial charge in [0.15, 0.2) is 0 Å². The van der Waals surface area contributed by atoms with E-state index in [1.807, 2.05) is 0 Å². The Hall–Kier alpha value is -2.64. The average molecular weight is 323 g/mol. The summed E-state index contributed by atoms with van der Waals surface area (Å²) in [6.07, 6.45) is 3.82. The van der Waals surface area contributed by atoms with Gasteiger partial charge in [-0.15, -0.1) is 0 Å². The molecule has 1 aromatic heterocycles. The van der Waals surface area contributed by atoms with Crippen molar-refractivity contribution in [1.29, 1.82) is 0 Å². The van der Waals surface area contributed by atoms with Gasteiger partial charge in [-0.3, -0.25) is 14.9 Å². The van der Waals surface area contributed by atoms with E-state index >= 15 is 0 Å². The summed E-state index contributed by atoms with van der Waals surface area (Å²) >= 11 is 0. The summed E-state index contributed by atoms with van der Waals surface area (Å²) in [7, 11) is 2.91. The third-order valence-corrected chi connectivity index (χ3v) is 2.98. The monoisotopic (exact) mass is 323 g/mol. The largest absolute Gasteiger partial charge is 0.481 e. The van der Waals surface area contributed by atoms with E-state index in [4.69, 9.17) is 14.6 Å². The van der Waals surface area contributed by atoms with Crippen molar-refractivity contribution < 1.29 is 24.2 Å². The van der Waals surface area contributed by atoms with E-state index in [0.29, 0.717) is 24.8 Å². The molecule has 8 heteroatoms. The highest BCUT2D eigenvalue weighted by molar-refractivity contribution is 6.02. The van der Waals surface area contributed by atoms with Gasteiger partial charge in [-0.05, 0) is 26.2 Å². The minimum atomic E-state index is -0.812. The van der Waals surface area contributed by atoms with Gasteiger partial charge in [-0.25, -0.2) is 0 Å². The van der Waals surface area contributed by atoms with Gasteiger partial charge < -0.3 is 14.6 Å². The van der Waals surface area contributed by atoms with Gasteiger partial charge in [0, 0.05) is 12.0 Å². The van der Waals surface area contributed by atoms with Crippen LogP contribution in [0.5, 0.6) is 11.8 Å². The Morgan fingerprint density at radius 2 is 1.83 bits per heavy atom. The van der Waals surface area contributed by atoms with E-state index in [9.17, 15) is 9.59 Å². The summed E-state index contributed by atoms with van der Waals surface area (Å²) in [5.74, 6) is -0.499. The van der Waals surface area contributed by atoms with Crippen molar-refractivity contribution >= 4 is 17.8 Å². The molecule has 0 fully saturated rings. The number of anilines is 1. The fourth-order valence-corrected chi connectivity index (χ4v) is 1.70. The number of carbonyl (C=O) groups is 2. The maximum atomic E-state index is 12.0. The molecule has 23 heavy (non-hydrogen) atoms. The normalized spacial score (nSPS) is 11.0. The smallest absolute Gasteiger partial charge is 0.303 e. The number of methoxy groups -OCH3 is 2. The first kappa shape index (κ1) is 18.4. The van der Waals surface area contributed by atoms with E-state index < -0.39 is 5.97 Å². The number of aromatic nitrogens is 2. The first-order valence-corrected chi connectivity index (χ1v) is 7.13. The van der Waals surface area contributed by atoms with Gasteiger partial charge in [-0.2, -0.15) is 9.97 Å². The van der Waals surface area contributed by atoms with Gasteiger partial charge in [0.05, 0.1) is 20.3 Å². The predicted molar refractivity (Wildman–Crippen MR) is 83.6 cm³/mol. The van der Waals surface area contributed by atoms with Crippen molar-refractivity contribution in [2.45, 2.75) is 32.6 Å².